The van der Waals surface area contributed by atoms with Crippen LogP contribution in [0.25, 0.3) is 5.57 Å². The molecular weight excluding hydrogens is 346 g/mol. The molecule has 3 nitrogen and oxygen atoms in total. The fraction of sp³-hybridized carbons (Fsp3) is 0.360. The van der Waals surface area contributed by atoms with Crippen molar-refractivity contribution in [2.75, 3.05) is 13.7 Å². The molecule has 0 N–H and O–H groups in total. The van der Waals surface area contributed by atoms with E-state index >= 15 is 0 Å². The van der Waals surface area contributed by atoms with E-state index in [2.05, 4.69) is 18.8 Å². The van der Waals surface area contributed by atoms with E-state index in [4.69, 9.17) is 4.74 Å². The first-order valence-electron chi connectivity index (χ1n) is 10.2. The normalized spacial score (nSPS) is 12.0. The zero-order chi connectivity index (χ0) is 20.2. The standard InChI is InChI=1S/C25H31NO2/c1-4-6-13-20(5-2)19-28-25(27)23(18-26-3)24(21-14-9-7-10-15-21)22-16-11-8-12-17-22/h7-12,14-18,20H,4-6,13,19H2,1-3H3. The molecule has 0 bridgehead atoms. The Balaban J connectivity index is 2.39. The van der Waals surface area contributed by atoms with Gasteiger partial charge in [0.25, 0.3) is 0 Å². The number of hydrogen-bond donors (Lipinski definition) is 0. The van der Waals surface area contributed by atoms with E-state index in [0.717, 1.165) is 42.4 Å². The molecule has 1 unspecified atom stereocenters. The number of carbonyl (C=O) groups excluding carboxylic acids is 1. The minimum absolute atomic E-state index is 0.316. The lowest BCUT2D eigenvalue weighted by molar-refractivity contribution is -0.139. The highest BCUT2D eigenvalue weighted by Gasteiger charge is 2.19. The van der Waals surface area contributed by atoms with Gasteiger partial charge < -0.3 is 4.74 Å². The van der Waals surface area contributed by atoms with Crippen molar-refractivity contribution in [3.8, 4) is 0 Å². The summed E-state index contributed by atoms with van der Waals surface area (Å²) in [5.41, 5.74) is 3.28. The number of benzene rings is 2. The maximum atomic E-state index is 13.0. The van der Waals surface area contributed by atoms with E-state index in [-0.39, 0.29) is 5.97 Å². The summed E-state index contributed by atoms with van der Waals surface area (Å²) in [6.45, 7) is 4.79. The first-order valence-corrected chi connectivity index (χ1v) is 10.2. The van der Waals surface area contributed by atoms with Gasteiger partial charge in [-0.3, -0.25) is 4.99 Å². The van der Waals surface area contributed by atoms with Gasteiger partial charge in [0.15, 0.2) is 0 Å². The first-order chi connectivity index (χ1) is 13.7. The Bertz CT molecular complexity index is 737. The molecule has 2 rings (SSSR count). The van der Waals surface area contributed by atoms with Crippen molar-refractivity contribution in [1.29, 1.82) is 0 Å². The summed E-state index contributed by atoms with van der Waals surface area (Å²) in [5, 5.41) is 0. The summed E-state index contributed by atoms with van der Waals surface area (Å²) in [6, 6.07) is 19.9. The second kappa shape index (κ2) is 11.9. The molecule has 148 valence electrons. The average molecular weight is 378 g/mol. The summed E-state index contributed by atoms with van der Waals surface area (Å²) in [6.07, 6.45) is 6.03. The van der Waals surface area contributed by atoms with Gasteiger partial charge in [-0.2, -0.15) is 0 Å². The summed E-state index contributed by atoms with van der Waals surface area (Å²) in [4.78, 5) is 17.2. The van der Waals surface area contributed by atoms with Crippen molar-refractivity contribution in [2.45, 2.75) is 39.5 Å². The highest BCUT2D eigenvalue weighted by molar-refractivity contribution is 6.18. The number of carbonyl (C=O) groups is 1. The van der Waals surface area contributed by atoms with Crippen molar-refractivity contribution in [2.24, 2.45) is 10.9 Å². The number of aliphatic imine (C=N–C) groups is 1. The zero-order valence-electron chi connectivity index (χ0n) is 17.2. The van der Waals surface area contributed by atoms with E-state index in [1.165, 1.54) is 0 Å². The third-order valence-electron chi connectivity index (χ3n) is 4.87. The monoisotopic (exact) mass is 377 g/mol. The fourth-order valence-electron chi connectivity index (χ4n) is 3.21. The molecular formula is C25H31NO2. The Kier molecular flexibility index (Phi) is 9.20. The quantitative estimate of drug-likeness (QED) is 0.291. The third kappa shape index (κ3) is 6.19. The van der Waals surface area contributed by atoms with Crippen LogP contribution in [0.3, 0.4) is 0 Å². The molecule has 0 aliphatic carbocycles. The molecule has 1 atom stereocenters. The van der Waals surface area contributed by atoms with Crippen LogP contribution in [0.1, 0.15) is 50.7 Å². The van der Waals surface area contributed by atoms with Crippen molar-refractivity contribution in [3.63, 3.8) is 0 Å². The maximum Gasteiger partial charge on any atom is 0.340 e. The molecule has 2 aromatic rings. The van der Waals surface area contributed by atoms with Crippen molar-refractivity contribution >= 4 is 17.8 Å². The Morgan fingerprint density at radius 1 is 1.00 bits per heavy atom. The van der Waals surface area contributed by atoms with Crippen molar-refractivity contribution < 1.29 is 9.53 Å². The molecule has 3 heteroatoms. The predicted molar refractivity (Wildman–Crippen MR) is 118 cm³/mol. The van der Waals surface area contributed by atoms with Crippen LogP contribution in [0, 0.1) is 5.92 Å². The van der Waals surface area contributed by atoms with Gasteiger partial charge in [-0.05, 0) is 23.5 Å². The topological polar surface area (TPSA) is 38.7 Å². The number of rotatable bonds is 10. The van der Waals surface area contributed by atoms with E-state index < -0.39 is 0 Å². The van der Waals surface area contributed by atoms with Crippen LogP contribution in [0.5, 0.6) is 0 Å². The molecule has 0 aliphatic heterocycles. The minimum atomic E-state index is -0.316. The van der Waals surface area contributed by atoms with Gasteiger partial charge in [0.2, 0.25) is 0 Å². The average Bonchev–Trinajstić information content (AvgIpc) is 2.75. The molecule has 0 aliphatic rings. The van der Waals surface area contributed by atoms with Gasteiger partial charge in [0.1, 0.15) is 0 Å². The van der Waals surface area contributed by atoms with Gasteiger partial charge >= 0.3 is 5.97 Å². The fourth-order valence-corrected chi connectivity index (χ4v) is 3.21. The first kappa shape index (κ1) is 21.6. The minimum Gasteiger partial charge on any atom is -0.462 e. The summed E-state index contributed by atoms with van der Waals surface area (Å²) in [5.74, 6) is 0.0869. The lowest BCUT2D eigenvalue weighted by Crippen LogP contribution is -2.17. The lowest BCUT2D eigenvalue weighted by atomic mass is 9.93. The SMILES string of the molecule is CCCCC(CC)COC(=O)C(C=NC)=C(c1ccccc1)c1ccccc1. The second-order valence-electron chi connectivity index (χ2n) is 6.92. The van der Waals surface area contributed by atoms with Gasteiger partial charge in [-0.25, -0.2) is 4.79 Å². The number of nitrogens with zero attached hydrogens (tertiary/aromatic N) is 1. The number of hydrogen-bond acceptors (Lipinski definition) is 3. The molecule has 0 fully saturated rings. The van der Waals surface area contributed by atoms with Gasteiger partial charge in [-0.15, -0.1) is 0 Å². The highest BCUT2D eigenvalue weighted by atomic mass is 16.5. The van der Waals surface area contributed by atoms with Gasteiger partial charge in [0.05, 0.1) is 12.2 Å². The molecule has 0 amide bonds. The third-order valence-corrected chi connectivity index (χ3v) is 4.87. The summed E-state index contributed by atoms with van der Waals surface area (Å²) < 4.78 is 5.74. The second-order valence-corrected chi connectivity index (χ2v) is 6.92. The molecule has 0 heterocycles. The zero-order valence-corrected chi connectivity index (χ0v) is 17.2. The maximum absolute atomic E-state index is 13.0. The van der Waals surface area contributed by atoms with E-state index in [1.54, 1.807) is 13.3 Å². The largest absolute Gasteiger partial charge is 0.462 e. The van der Waals surface area contributed by atoms with E-state index in [1.807, 2.05) is 60.7 Å². The molecule has 0 radical (unpaired) electrons. The van der Waals surface area contributed by atoms with Crippen LogP contribution in [-0.4, -0.2) is 25.8 Å². The number of ether oxygens (including phenoxy) is 1. The van der Waals surface area contributed by atoms with Gasteiger partial charge in [-0.1, -0.05) is 93.8 Å². The Morgan fingerprint density at radius 2 is 1.57 bits per heavy atom. The van der Waals surface area contributed by atoms with Crippen LogP contribution in [-0.2, 0) is 9.53 Å². The molecule has 0 spiro atoms. The van der Waals surface area contributed by atoms with Crippen LogP contribution in [0.2, 0.25) is 0 Å². The van der Waals surface area contributed by atoms with Gasteiger partial charge in [0, 0.05) is 18.8 Å². The summed E-state index contributed by atoms with van der Waals surface area (Å²) >= 11 is 0. The van der Waals surface area contributed by atoms with E-state index in [9.17, 15) is 4.79 Å². The Labute approximate surface area is 169 Å². The number of esters is 1. The Morgan fingerprint density at radius 3 is 2.04 bits per heavy atom. The van der Waals surface area contributed by atoms with Crippen LogP contribution >= 0.6 is 0 Å². The molecule has 0 saturated heterocycles. The highest BCUT2D eigenvalue weighted by Crippen LogP contribution is 2.27. The number of unbranched alkanes of at least 4 members (excludes halogenated alkanes) is 1. The lowest BCUT2D eigenvalue weighted by Gasteiger charge is -2.17. The van der Waals surface area contributed by atoms with E-state index in [0.29, 0.717) is 18.1 Å². The molecule has 2 aromatic carbocycles. The smallest absolute Gasteiger partial charge is 0.340 e. The van der Waals surface area contributed by atoms with Crippen LogP contribution in [0.4, 0.5) is 0 Å². The van der Waals surface area contributed by atoms with Crippen LogP contribution < -0.4 is 0 Å². The Hall–Kier alpha value is -2.68. The summed E-state index contributed by atoms with van der Waals surface area (Å²) in [7, 11) is 1.68. The molecule has 0 saturated carbocycles. The molecule has 28 heavy (non-hydrogen) atoms. The predicted octanol–water partition coefficient (Wildman–Crippen LogP) is 5.95. The van der Waals surface area contributed by atoms with Crippen molar-refractivity contribution in [1.82, 2.24) is 0 Å². The van der Waals surface area contributed by atoms with Crippen LogP contribution in [0.15, 0.2) is 71.2 Å². The van der Waals surface area contributed by atoms with Crippen molar-refractivity contribution in [3.05, 3.63) is 77.4 Å². The molecule has 0 aromatic heterocycles.